The van der Waals surface area contributed by atoms with Crippen LogP contribution in [0.15, 0.2) is 0 Å². The number of hydrogen-bond donors (Lipinski definition) is 4. The number of nitrogens with two attached hydrogens (primary N) is 4. The Bertz CT molecular complexity index is 220. The number of ether oxygens (including phenoxy) is 3. The quantitative estimate of drug-likeness (QED) is 0.251. The third-order valence-electron chi connectivity index (χ3n) is 2.97. The molecule has 7 heteroatoms. The molecule has 0 aromatic rings. The van der Waals surface area contributed by atoms with Gasteiger partial charge in [0.05, 0.1) is 32.6 Å². The molecule has 0 aromatic heterocycles. The Labute approximate surface area is 128 Å². The molecule has 0 bridgehead atoms. The van der Waals surface area contributed by atoms with Gasteiger partial charge in [-0.1, -0.05) is 26.2 Å². The first-order valence-corrected chi connectivity index (χ1v) is 7.89. The van der Waals surface area contributed by atoms with E-state index in [2.05, 4.69) is 6.92 Å². The first-order chi connectivity index (χ1) is 10.1. The number of unbranched alkanes of at least 4 members (excludes halogenated alkanes) is 3. The lowest BCUT2D eigenvalue weighted by Gasteiger charge is -2.15. The minimum atomic E-state index is -0.451. The van der Waals surface area contributed by atoms with Crippen molar-refractivity contribution in [3.8, 4) is 0 Å². The second kappa shape index (κ2) is 14.6. The monoisotopic (exact) mass is 306 g/mol. The largest absolute Gasteiger partial charge is 0.377 e. The van der Waals surface area contributed by atoms with E-state index >= 15 is 0 Å². The molecule has 0 radical (unpaired) electrons. The van der Waals surface area contributed by atoms with Crippen molar-refractivity contribution in [3.05, 3.63) is 0 Å². The zero-order valence-corrected chi connectivity index (χ0v) is 13.3. The molecule has 21 heavy (non-hydrogen) atoms. The van der Waals surface area contributed by atoms with Gasteiger partial charge in [0.1, 0.15) is 12.5 Å². The van der Waals surface area contributed by atoms with E-state index in [4.69, 9.17) is 37.1 Å². The maximum Gasteiger partial charge on any atom is 0.108 e. The Morgan fingerprint density at radius 3 is 1.95 bits per heavy atom. The molecule has 0 saturated carbocycles. The minimum absolute atomic E-state index is 0.193. The molecule has 0 aromatic carbocycles. The minimum Gasteiger partial charge on any atom is -0.377 e. The first kappa shape index (κ1) is 20.7. The second-order valence-electron chi connectivity index (χ2n) is 5.18. The van der Waals surface area contributed by atoms with Crippen molar-refractivity contribution in [2.45, 2.75) is 64.1 Å². The van der Waals surface area contributed by atoms with Gasteiger partial charge in [-0.3, -0.25) is 0 Å². The zero-order valence-electron chi connectivity index (χ0n) is 13.3. The van der Waals surface area contributed by atoms with Gasteiger partial charge in [-0.15, -0.1) is 0 Å². The third kappa shape index (κ3) is 15.9. The Morgan fingerprint density at radius 2 is 1.38 bits per heavy atom. The smallest absolute Gasteiger partial charge is 0.108 e. The van der Waals surface area contributed by atoms with Crippen LogP contribution >= 0.6 is 0 Å². The van der Waals surface area contributed by atoms with Gasteiger partial charge in [0.15, 0.2) is 0 Å². The van der Waals surface area contributed by atoms with E-state index in [1.165, 1.54) is 19.3 Å². The Balaban J connectivity index is 3.24. The van der Waals surface area contributed by atoms with Crippen LogP contribution in [0, 0.1) is 0 Å². The van der Waals surface area contributed by atoms with Crippen LogP contribution in [-0.4, -0.2) is 45.0 Å². The van der Waals surface area contributed by atoms with Gasteiger partial charge in [0, 0.05) is 6.42 Å². The lowest BCUT2D eigenvalue weighted by molar-refractivity contribution is -0.0274. The summed E-state index contributed by atoms with van der Waals surface area (Å²) >= 11 is 0. The van der Waals surface area contributed by atoms with Gasteiger partial charge in [0.25, 0.3) is 0 Å². The van der Waals surface area contributed by atoms with Gasteiger partial charge in [-0.25, -0.2) is 0 Å². The molecular weight excluding hydrogens is 272 g/mol. The molecular formula is C14H34N4O3. The van der Waals surface area contributed by atoms with Crippen molar-refractivity contribution < 1.29 is 14.2 Å². The summed E-state index contributed by atoms with van der Waals surface area (Å²) in [5.74, 6) is 0. The van der Waals surface area contributed by atoms with Gasteiger partial charge in [0.2, 0.25) is 0 Å². The average Bonchev–Trinajstić information content (AvgIpc) is 2.41. The zero-order chi connectivity index (χ0) is 15.9. The van der Waals surface area contributed by atoms with E-state index in [0.29, 0.717) is 32.8 Å². The lowest BCUT2D eigenvalue weighted by atomic mass is 10.1. The molecule has 2 atom stereocenters. The topological polar surface area (TPSA) is 132 Å². The first-order valence-electron chi connectivity index (χ1n) is 7.89. The third-order valence-corrected chi connectivity index (χ3v) is 2.97. The lowest BCUT2D eigenvalue weighted by Crippen LogP contribution is -2.39. The van der Waals surface area contributed by atoms with Gasteiger partial charge < -0.3 is 37.1 Å². The van der Waals surface area contributed by atoms with Crippen LogP contribution in [0.5, 0.6) is 0 Å². The fourth-order valence-electron chi connectivity index (χ4n) is 1.81. The Morgan fingerprint density at radius 1 is 0.762 bits per heavy atom. The predicted molar refractivity (Wildman–Crippen MR) is 84.2 cm³/mol. The molecule has 0 rings (SSSR count). The molecule has 0 aliphatic heterocycles. The fourth-order valence-corrected chi connectivity index (χ4v) is 1.81. The molecule has 0 fully saturated rings. The summed E-state index contributed by atoms with van der Waals surface area (Å²) in [7, 11) is 0. The summed E-state index contributed by atoms with van der Waals surface area (Å²) in [6, 6.07) is 0. The van der Waals surface area contributed by atoms with Crippen LogP contribution in [-0.2, 0) is 14.2 Å². The highest BCUT2D eigenvalue weighted by Gasteiger charge is 2.05. The van der Waals surface area contributed by atoms with Crippen molar-refractivity contribution in [1.29, 1.82) is 0 Å². The number of rotatable bonds is 15. The SMILES string of the molecule is CCCCCCC(N)OCCOCCOC(N)CC(N)N. The van der Waals surface area contributed by atoms with Crippen LogP contribution in [0.1, 0.15) is 45.4 Å². The van der Waals surface area contributed by atoms with Crippen LogP contribution in [0.4, 0.5) is 0 Å². The highest BCUT2D eigenvalue weighted by atomic mass is 16.6. The van der Waals surface area contributed by atoms with Crippen LogP contribution < -0.4 is 22.9 Å². The molecule has 7 nitrogen and oxygen atoms in total. The van der Waals surface area contributed by atoms with E-state index < -0.39 is 12.4 Å². The molecule has 8 N–H and O–H groups in total. The summed E-state index contributed by atoms with van der Waals surface area (Å²) in [5.41, 5.74) is 22.3. The molecule has 0 spiro atoms. The van der Waals surface area contributed by atoms with Crippen LogP contribution in [0.3, 0.4) is 0 Å². The Kier molecular flexibility index (Phi) is 14.5. The summed E-state index contributed by atoms with van der Waals surface area (Å²) in [5, 5.41) is 0. The van der Waals surface area contributed by atoms with Gasteiger partial charge in [-0.2, -0.15) is 0 Å². The van der Waals surface area contributed by atoms with Gasteiger partial charge >= 0.3 is 0 Å². The standard InChI is InChI=1S/C14H34N4O3/c1-2-3-4-5-6-13(17)20-9-7-19-8-10-21-14(18)11-12(15)16/h12-14H,2-11,15-18H2,1H3. The van der Waals surface area contributed by atoms with E-state index in [9.17, 15) is 0 Å². The summed E-state index contributed by atoms with van der Waals surface area (Å²) in [4.78, 5) is 0. The molecule has 0 amide bonds. The van der Waals surface area contributed by atoms with Crippen molar-refractivity contribution in [1.82, 2.24) is 0 Å². The summed E-state index contributed by atoms with van der Waals surface area (Å²) in [6.07, 6.45) is 5.06. The summed E-state index contributed by atoms with van der Waals surface area (Å²) < 4.78 is 16.1. The van der Waals surface area contributed by atoms with Crippen molar-refractivity contribution in [2.24, 2.45) is 22.9 Å². The van der Waals surface area contributed by atoms with Crippen molar-refractivity contribution in [3.63, 3.8) is 0 Å². The second-order valence-corrected chi connectivity index (χ2v) is 5.18. The van der Waals surface area contributed by atoms with Crippen LogP contribution in [0.2, 0.25) is 0 Å². The van der Waals surface area contributed by atoms with E-state index in [1.54, 1.807) is 0 Å². The predicted octanol–water partition coefficient (Wildman–Crippen LogP) is 0.210. The normalized spacial score (nSPS) is 14.6. The fraction of sp³-hybridized carbons (Fsp3) is 1.00. The highest BCUT2D eigenvalue weighted by molar-refractivity contribution is 4.56. The van der Waals surface area contributed by atoms with Crippen molar-refractivity contribution >= 4 is 0 Å². The van der Waals surface area contributed by atoms with Gasteiger partial charge in [-0.05, 0) is 12.8 Å². The average molecular weight is 306 g/mol. The van der Waals surface area contributed by atoms with E-state index in [1.807, 2.05) is 0 Å². The molecule has 2 unspecified atom stereocenters. The molecule has 0 aliphatic carbocycles. The van der Waals surface area contributed by atoms with E-state index in [0.717, 1.165) is 12.8 Å². The maximum atomic E-state index is 5.84. The summed E-state index contributed by atoms with van der Waals surface area (Å²) in [6.45, 7) is 4.06. The van der Waals surface area contributed by atoms with Crippen molar-refractivity contribution in [2.75, 3.05) is 26.4 Å². The Hall–Kier alpha value is -0.280. The maximum absolute atomic E-state index is 5.84. The van der Waals surface area contributed by atoms with E-state index in [-0.39, 0.29) is 6.23 Å². The molecule has 128 valence electrons. The molecule has 0 aliphatic rings. The molecule has 0 saturated heterocycles. The number of hydrogen-bond acceptors (Lipinski definition) is 7. The van der Waals surface area contributed by atoms with Crippen LogP contribution in [0.25, 0.3) is 0 Å². The molecule has 0 heterocycles. The highest BCUT2D eigenvalue weighted by Crippen LogP contribution is 2.04.